The molecule has 0 saturated heterocycles. The summed E-state index contributed by atoms with van der Waals surface area (Å²) in [6.07, 6.45) is 2.97. The Morgan fingerprint density at radius 3 is 2.05 bits per heavy atom. The summed E-state index contributed by atoms with van der Waals surface area (Å²) >= 11 is 0. The lowest BCUT2D eigenvalue weighted by Crippen LogP contribution is -2.14. The summed E-state index contributed by atoms with van der Waals surface area (Å²) in [5.74, 6) is 0. The van der Waals surface area contributed by atoms with Gasteiger partial charge in [0.05, 0.1) is 17.6 Å². The van der Waals surface area contributed by atoms with E-state index < -0.39 is 0 Å². The zero-order chi connectivity index (χ0) is 15.6. The van der Waals surface area contributed by atoms with Gasteiger partial charge in [-0.2, -0.15) is 5.10 Å². The Labute approximate surface area is 132 Å². The largest absolute Gasteiger partial charge is 0.237 e. The SMILES string of the molecule is CC(C)(C)Cc1c(-c2ccccc2)cnn1-c1ccccc1. The van der Waals surface area contributed by atoms with Crippen LogP contribution < -0.4 is 0 Å². The zero-order valence-electron chi connectivity index (χ0n) is 13.5. The molecule has 0 radical (unpaired) electrons. The maximum absolute atomic E-state index is 4.66. The van der Waals surface area contributed by atoms with Crippen molar-refractivity contribution in [2.75, 3.05) is 0 Å². The number of nitrogens with zero attached hydrogens (tertiary/aromatic N) is 2. The molecular formula is C20H22N2. The average molecular weight is 290 g/mol. The predicted octanol–water partition coefficient (Wildman–Crippen LogP) is 5.13. The molecule has 2 heteroatoms. The fourth-order valence-corrected chi connectivity index (χ4v) is 2.70. The quantitative estimate of drug-likeness (QED) is 0.654. The molecule has 0 N–H and O–H groups in total. The predicted molar refractivity (Wildman–Crippen MR) is 92.2 cm³/mol. The molecule has 3 rings (SSSR count). The first-order chi connectivity index (χ1) is 10.5. The maximum atomic E-state index is 4.66. The van der Waals surface area contributed by atoms with Crippen molar-refractivity contribution in [1.29, 1.82) is 0 Å². The normalized spacial score (nSPS) is 11.6. The minimum absolute atomic E-state index is 0.204. The molecule has 3 aromatic rings. The third kappa shape index (κ3) is 3.11. The van der Waals surface area contributed by atoms with Gasteiger partial charge in [0, 0.05) is 5.56 Å². The number of benzene rings is 2. The topological polar surface area (TPSA) is 17.8 Å². The van der Waals surface area contributed by atoms with Crippen molar-refractivity contribution in [3.05, 3.63) is 72.6 Å². The van der Waals surface area contributed by atoms with Gasteiger partial charge in [-0.05, 0) is 29.5 Å². The molecule has 0 saturated carbocycles. The summed E-state index contributed by atoms with van der Waals surface area (Å²) in [5.41, 5.74) is 5.04. The Hall–Kier alpha value is -2.35. The van der Waals surface area contributed by atoms with Gasteiger partial charge in [0.25, 0.3) is 0 Å². The number of aromatic nitrogens is 2. The fraction of sp³-hybridized carbons (Fsp3) is 0.250. The van der Waals surface area contributed by atoms with Crippen molar-refractivity contribution in [1.82, 2.24) is 9.78 Å². The van der Waals surface area contributed by atoms with Crippen LogP contribution >= 0.6 is 0 Å². The first-order valence-corrected chi connectivity index (χ1v) is 7.72. The zero-order valence-corrected chi connectivity index (χ0v) is 13.5. The van der Waals surface area contributed by atoms with Gasteiger partial charge in [-0.3, -0.25) is 0 Å². The number of hydrogen-bond acceptors (Lipinski definition) is 1. The third-order valence-electron chi connectivity index (χ3n) is 3.65. The van der Waals surface area contributed by atoms with E-state index in [1.807, 2.05) is 12.3 Å². The molecule has 22 heavy (non-hydrogen) atoms. The summed E-state index contributed by atoms with van der Waals surface area (Å²) in [5, 5.41) is 4.66. The van der Waals surface area contributed by atoms with E-state index in [-0.39, 0.29) is 5.41 Å². The van der Waals surface area contributed by atoms with Gasteiger partial charge in [0.2, 0.25) is 0 Å². The Bertz CT molecular complexity index is 677. The second-order valence-electron chi connectivity index (χ2n) is 6.86. The van der Waals surface area contributed by atoms with Crippen LogP contribution in [0.4, 0.5) is 0 Å². The lowest BCUT2D eigenvalue weighted by Gasteiger charge is -2.20. The summed E-state index contributed by atoms with van der Waals surface area (Å²) in [7, 11) is 0. The average Bonchev–Trinajstić information content (AvgIpc) is 2.90. The van der Waals surface area contributed by atoms with Crippen molar-refractivity contribution >= 4 is 0 Å². The van der Waals surface area contributed by atoms with Gasteiger partial charge in [0.1, 0.15) is 0 Å². The van der Waals surface area contributed by atoms with Crippen LogP contribution in [-0.4, -0.2) is 9.78 Å². The van der Waals surface area contributed by atoms with Gasteiger partial charge >= 0.3 is 0 Å². The van der Waals surface area contributed by atoms with E-state index in [4.69, 9.17) is 0 Å². The molecule has 2 aromatic carbocycles. The second kappa shape index (κ2) is 5.80. The van der Waals surface area contributed by atoms with Crippen molar-refractivity contribution < 1.29 is 0 Å². The third-order valence-corrected chi connectivity index (χ3v) is 3.65. The highest BCUT2D eigenvalue weighted by Gasteiger charge is 2.20. The minimum atomic E-state index is 0.204. The molecule has 2 nitrogen and oxygen atoms in total. The Kier molecular flexibility index (Phi) is 3.84. The van der Waals surface area contributed by atoms with Crippen LogP contribution in [0.2, 0.25) is 0 Å². The van der Waals surface area contributed by atoms with E-state index >= 15 is 0 Å². The molecule has 1 aromatic heterocycles. The van der Waals surface area contributed by atoms with Crippen LogP contribution in [0.5, 0.6) is 0 Å². The van der Waals surface area contributed by atoms with Crippen LogP contribution in [0.25, 0.3) is 16.8 Å². The number of rotatable bonds is 3. The molecular weight excluding hydrogens is 268 g/mol. The van der Waals surface area contributed by atoms with Crippen LogP contribution in [0, 0.1) is 5.41 Å². The van der Waals surface area contributed by atoms with Gasteiger partial charge in [-0.25, -0.2) is 4.68 Å². The van der Waals surface area contributed by atoms with Crippen molar-refractivity contribution in [2.24, 2.45) is 5.41 Å². The first kappa shape index (κ1) is 14.6. The Morgan fingerprint density at radius 2 is 1.45 bits per heavy atom. The van der Waals surface area contributed by atoms with Crippen LogP contribution in [-0.2, 0) is 6.42 Å². The fourth-order valence-electron chi connectivity index (χ4n) is 2.70. The highest BCUT2D eigenvalue weighted by molar-refractivity contribution is 5.66. The lowest BCUT2D eigenvalue weighted by atomic mass is 9.88. The van der Waals surface area contributed by atoms with E-state index in [0.717, 1.165) is 12.1 Å². The monoisotopic (exact) mass is 290 g/mol. The maximum Gasteiger partial charge on any atom is 0.0649 e. The van der Waals surface area contributed by atoms with E-state index in [1.54, 1.807) is 0 Å². The summed E-state index contributed by atoms with van der Waals surface area (Å²) in [4.78, 5) is 0. The highest BCUT2D eigenvalue weighted by Crippen LogP contribution is 2.31. The smallest absolute Gasteiger partial charge is 0.0649 e. The summed E-state index contributed by atoms with van der Waals surface area (Å²) in [6.45, 7) is 6.80. The molecule has 0 unspecified atom stereocenters. The van der Waals surface area contributed by atoms with E-state index in [9.17, 15) is 0 Å². The van der Waals surface area contributed by atoms with E-state index in [0.29, 0.717) is 0 Å². The molecule has 0 amide bonds. The minimum Gasteiger partial charge on any atom is -0.237 e. The summed E-state index contributed by atoms with van der Waals surface area (Å²) < 4.78 is 2.08. The Morgan fingerprint density at radius 1 is 0.864 bits per heavy atom. The molecule has 0 bridgehead atoms. The van der Waals surface area contributed by atoms with Gasteiger partial charge in [0.15, 0.2) is 0 Å². The molecule has 0 aliphatic heterocycles. The molecule has 112 valence electrons. The second-order valence-corrected chi connectivity index (χ2v) is 6.86. The van der Waals surface area contributed by atoms with Crippen molar-refractivity contribution in [3.8, 4) is 16.8 Å². The van der Waals surface area contributed by atoms with Crippen LogP contribution in [0.1, 0.15) is 26.5 Å². The molecule has 0 fully saturated rings. The lowest BCUT2D eigenvalue weighted by molar-refractivity contribution is 0.402. The molecule has 0 aliphatic carbocycles. The van der Waals surface area contributed by atoms with Gasteiger partial charge < -0.3 is 0 Å². The van der Waals surface area contributed by atoms with Gasteiger partial charge in [-0.1, -0.05) is 69.3 Å². The van der Waals surface area contributed by atoms with Crippen molar-refractivity contribution in [2.45, 2.75) is 27.2 Å². The van der Waals surface area contributed by atoms with E-state index in [2.05, 4.69) is 85.1 Å². The molecule has 0 atom stereocenters. The Balaban J connectivity index is 2.14. The van der Waals surface area contributed by atoms with E-state index in [1.165, 1.54) is 16.8 Å². The molecule has 0 spiro atoms. The van der Waals surface area contributed by atoms with Crippen LogP contribution in [0.15, 0.2) is 66.9 Å². The molecule has 1 heterocycles. The standard InChI is InChI=1S/C20H22N2/c1-20(2,3)14-19-18(16-10-6-4-7-11-16)15-21-22(19)17-12-8-5-9-13-17/h4-13,15H,14H2,1-3H3. The van der Waals surface area contributed by atoms with Crippen molar-refractivity contribution in [3.63, 3.8) is 0 Å². The molecule has 0 aliphatic rings. The number of para-hydroxylation sites is 1. The number of hydrogen-bond donors (Lipinski definition) is 0. The van der Waals surface area contributed by atoms with Gasteiger partial charge in [-0.15, -0.1) is 0 Å². The first-order valence-electron chi connectivity index (χ1n) is 7.72. The summed E-state index contributed by atoms with van der Waals surface area (Å²) in [6, 6.07) is 20.9. The van der Waals surface area contributed by atoms with Crippen LogP contribution in [0.3, 0.4) is 0 Å². The highest BCUT2D eigenvalue weighted by atomic mass is 15.3.